The van der Waals surface area contributed by atoms with Crippen LogP contribution in [-0.2, 0) is 24.2 Å². The molecule has 1 saturated heterocycles. The summed E-state index contributed by atoms with van der Waals surface area (Å²) >= 11 is 0. The Kier molecular flexibility index (Phi) is 4.76. The van der Waals surface area contributed by atoms with Gasteiger partial charge in [-0.2, -0.15) is 5.10 Å². The van der Waals surface area contributed by atoms with Crippen molar-refractivity contribution >= 4 is 16.8 Å². The average molecular weight is 505 g/mol. The van der Waals surface area contributed by atoms with Crippen molar-refractivity contribution in [3.63, 3.8) is 0 Å². The minimum Gasteiger partial charge on any atom is -0.505 e. The van der Waals surface area contributed by atoms with Crippen molar-refractivity contribution in [2.45, 2.75) is 44.7 Å². The van der Waals surface area contributed by atoms with E-state index in [4.69, 9.17) is 4.98 Å². The summed E-state index contributed by atoms with van der Waals surface area (Å²) in [4.78, 5) is 23.1. The molecule has 4 N–H and O–H groups in total. The van der Waals surface area contributed by atoms with Crippen molar-refractivity contribution in [3.8, 4) is 28.4 Å². The van der Waals surface area contributed by atoms with E-state index in [0.29, 0.717) is 65.6 Å². The number of aryl methyl sites for hydroxylation is 1. The Morgan fingerprint density at radius 2 is 2.11 bits per heavy atom. The first kappa shape index (κ1) is 22.4. The number of rotatable bonds is 4. The number of carbonyl (C=O) groups is 1. The van der Waals surface area contributed by atoms with Crippen molar-refractivity contribution in [2.24, 2.45) is 5.92 Å². The van der Waals surface area contributed by atoms with E-state index in [1.807, 2.05) is 11.8 Å². The molecule has 37 heavy (non-hydrogen) atoms. The number of phenols is 1. The third kappa shape index (κ3) is 3.31. The molecule has 2 aromatic heterocycles. The second kappa shape index (κ2) is 7.85. The predicted molar refractivity (Wildman–Crippen MR) is 133 cm³/mol. The van der Waals surface area contributed by atoms with Crippen LogP contribution in [0.4, 0.5) is 8.78 Å². The highest BCUT2D eigenvalue weighted by atomic mass is 19.1. The van der Waals surface area contributed by atoms with E-state index in [9.17, 15) is 14.3 Å². The zero-order valence-corrected chi connectivity index (χ0v) is 20.3. The van der Waals surface area contributed by atoms with Gasteiger partial charge in [-0.25, -0.2) is 13.8 Å². The van der Waals surface area contributed by atoms with Gasteiger partial charge in [0.25, 0.3) is 0 Å². The number of aromatic nitrogens is 4. The van der Waals surface area contributed by atoms with Crippen molar-refractivity contribution in [2.75, 3.05) is 13.1 Å². The second-order valence-electron chi connectivity index (χ2n) is 10.3. The lowest BCUT2D eigenvalue weighted by atomic mass is 9.96. The summed E-state index contributed by atoms with van der Waals surface area (Å²) in [7, 11) is 0. The van der Waals surface area contributed by atoms with Crippen LogP contribution in [0, 0.1) is 17.6 Å². The van der Waals surface area contributed by atoms with E-state index in [1.54, 1.807) is 6.07 Å². The number of nitrogens with one attached hydrogen (secondary N) is 3. The number of benzene rings is 2. The molecular formula is C27H26F2N6O2. The Hall–Kier alpha value is -3.79. The number of halogens is 2. The number of hydrogen-bond acceptors (Lipinski definition) is 5. The number of aromatic amines is 2. The minimum atomic E-state index is -0.757. The molecule has 1 amide bonds. The normalized spacial score (nSPS) is 22.4. The molecule has 0 unspecified atom stereocenters. The van der Waals surface area contributed by atoms with Crippen LogP contribution in [0.15, 0.2) is 24.3 Å². The zero-order chi connectivity index (χ0) is 25.5. The molecule has 2 aliphatic heterocycles. The van der Waals surface area contributed by atoms with Crippen LogP contribution < -0.4 is 5.32 Å². The fraction of sp³-hybridized carbons (Fsp3) is 0.370. The van der Waals surface area contributed by atoms with Gasteiger partial charge < -0.3 is 20.3 Å². The summed E-state index contributed by atoms with van der Waals surface area (Å²) in [5.74, 6) is -0.629. The van der Waals surface area contributed by atoms with Gasteiger partial charge in [0.15, 0.2) is 17.4 Å². The van der Waals surface area contributed by atoms with Crippen LogP contribution in [0.1, 0.15) is 36.7 Å². The van der Waals surface area contributed by atoms with Gasteiger partial charge in [0.1, 0.15) is 17.1 Å². The number of piperidine rings is 1. The highest BCUT2D eigenvalue weighted by molar-refractivity contribution is 5.95. The monoisotopic (exact) mass is 504 g/mol. The number of imidazole rings is 1. The third-order valence-electron chi connectivity index (χ3n) is 8.24. The summed E-state index contributed by atoms with van der Waals surface area (Å²) in [6, 6.07) is 5.68. The number of aromatic hydroxyl groups is 1. The number of nitrogens with zero attached hydrogens (tertiary/aromatic N) is 3. The highest BCUT2D eigenvalue weighted by Crippen LogP contribution is 2.51. The SMILES string of the molecule is CCc1cc(O)c(F)cc1-c1cc(F)c2c(-c3nc4c([nH]3)CN(C(=O)[C@]35C[C@H]3CCN5)CC4)n[nH]c2c1. The number of amides is 1. The number of phenolic OH excluding ortho intramolecular Hbond substituents is 1. The quantitative estimate of drug-likeness (QED) is 0.338. The van der Waals surface area contributed by atoms with E-state index in [0.717, 1.165) is 30.8 Å². The minimum absolute atomic E-state index is 0.165. The maximum absolute atomic E-state index is 15.5. The Labute approximate surface area is 211 Å². The van der Waals surface area contributed by atoms with E-state index >= 15 is 4.39 Å². The number of hydrogen-bond donors (Lipinski definition) is 4. The lowest BCUT2D eigenvalue weighted by Gasteiger charge is -2.29. The molecule has 10 heteroatoms. The molecular weight excluding hydrogens is 478 g/mol. The van der Waals surface area contributed by atoms with E-state index in [2.05, 4.69) is 20.5 Å². The molecule has 0 radical (unpaired) electrons. The van der Waals surface area contributed by atoms with Crippen LogP contribution in [0.25, 0.3) is 33.5 Å². The van der Waals surface area contributed by atoms with Gasteiger partial charge in [-0.15, -0.1) is 0 Å². The summed E-state index contributed by atoms with van der Waals surface area (Å²) in [5.41, 5.74) is 3.88. The molecule has 4 aromatic rings. The van der Waals surface area contributed by atoms with Gasteiger partial charge in [-0.05, 0) is 72.7 Å². The zero-order valence-electron chi connectivity index (χ0n) is 20.3. The first-order chi connectivity index (χ1) is 17.9. The topological polar surface area (TPSA) is 110 Å². The Morgan fingerprint density at radius 1 is 1.24 bits per heavy atom. The molecule has 2 aromatic carbocycles. The molecule has 2 atom stereocenters. The Balaban J connectivity index is 1.21. The van der Waals surface area contributed by atoms with Gasteiger partial charge in [0.2, 0.25) is 5.91 Å². The fourth-order valence-electron chi connectivity index (χ4n) is 6.16. The van der Waals surface area contributed by atoms with E-state index in [-0.39, 0.29) is 16.8 Å². The van der Waals surface area contributed by atoms with Gasteiger partial charge in [-0.3, -0.25) is 9.89 Å². The van der Waals surface area contributed by atoms with Crippen LogP contribution in [0.2, 0.25) is 0 Å². The second-order valence-corrected chi connectivity index (χ2v) is 10.3. The fourth-order valence-corrected chi connectivity index (χ4v) is 6.16. The van der Waals surface area contributed by atoms with Crippen LogP contribution >= 0.6 is 0 Å². The molecule has 190 valence electrons. The summed E-state index contributed by atoms with van der Waals surface area (Å²) in [6.07, 6.45) is 3.15. The molecule has 7 rings (SSSR count). The van der Waals surface area contributed by atoms with Crippen LogP contribution in [-0.4, -0.2) is 54.7 Å². The lowest BCUT2D eigenvalue weighted by Crippen LogP contribution is -2.49. The maximum atomic E-state index is 15.5. The highest BCUT2D eigenvalue weighted by Gasteiger charge is 2.63. The largest absolute Gasteiger partial charge is 0.505 e. The maximum Gasteiger partial charge on any atom is 0.243 e. The first-order valence-corrected chi connectivity index (χ1v) is 12.7. The molecule has 0 bridgehead atoms. The molecule has 2 fully saturated rings. The molecule has 1 aliphatic carbocycles. The Bertz CT molecular complexity index is 1590. The smallest absolute Gasteiger partial charge is 0.243 e. The van der Waals surface area contributed by atoms with Crippen molar-refractivity contribution in [1.29, 1.82) is 0 Å². The van der Waals surface area contributed by atoms with Gasteiger partial charge in [-0.1, -0.05) is 6.92 Å². The average Bonchev–Trinajstić information content (AvgIpc) is 3.26. The summed E-state index contributed by atoms with van der Waals surface area (Å²) < 4.78 is 29.6. The van der Waals surface area contributed by atoms with Crippen molar-refractivity contribution in [3.05, 3.63) is 52.9 Å². The molecule has 0 spiro atoms. The third-order valence-corrected chi connectivity index (χ3v) is 8.24. The lowest BCUT2D eigenvalue weighted by molar-refractivity contribution is -0.135. The van der Waals surface area contributed by atoms with Crippen molar-refractivity contribution in [1.82, 2.24) is 30.4 Å². The van der Waals surface area contributed by atoms with Gasteiger partial charge in [0, 0.05) is 13.0 Å². The molecule has 3 aliphatic rings. The molecule has 8 nitrogen and oxygen atoms in total. The summed E-state index contributed by atoms with van der Waals surface area (Å²) in [6.45, 7) is 3.83. The van der Waals surface area contributed by atoms with Crippen LogP contribution in [0.3, 0.4) is 0 Å². The van der Waals surface area contributed by atoms with Gasteiger partial charge >= 0.3 is 0 Å². The number of fused-ring (bicyclic) bond motifs is 3. The number of carbonyl (C=O) groups excluding carboxylic acids is 1. The Morgan fingerprint density at radius 3 is 2.86 bits per heavy atom. The molecule has 4 heterocycles. The van der Waals surface area contributed by atoms with Crippen molar-refractivity contribution < 1.29 is 18.7 Å². The number of H-pyrrole nitrogens is 2. The van der Waals surface area contributed by atoms with E-state index < -0.39 is 17.4 Å². The van der Waals surface area contributed by atoms with E-state index in [1.165, 1.54) is 18.2 Å². The van der Waals surface area contributed by atoms with Gasteiger partial charge in [0.05, 0.1) is 28.8 Å². The first-order valence-electron chi connectivity index (χ1n) is 12.7. The predicted octanol–water partition coefficient (Wildman–Crippen LogP) is 3.80. The standard InChI is InChI=1S/C27H26F2N6O2/c1-2-13-9-22(36)17(28)10-16(13)14-7-18(29)23-20(8-14)33-34-24(23)25-31-19-4-6-35(12-21(19)32-25)26(37)27-11-15(27)3-5-30-27/h7-10,15,30,36H,2-6,11-12H2,1H3,(H,31,32)(H,33,34)/t15-,27+/m1/s1. The summed E-state index contributed by atoms with van der Waals surface area (Å²) in [5, 5.41) is 20.7. The molecule has 1 saturated carbocycles. The van der Waals surface area contributed by atoms with Crippen LogP contribution in [0.5, 0.6) is 5.75 Å².